The Kier molecular flexibility index (Phi) is 2.74. The Morgan fingerprint density at radius 3 is 2.35 bits per heavy atom. The van der Waals surface area contributed by atoms with E-state index in [2.05, 4.69) is 10.1 Å². The summed E-state index contributed by atoms with van der Waals surface area (Å²) in [5, 5.41) is 4.26. The summed E-state index contributed by atoms with van der Waals surface area (Å²) in [6.45, 7) is 1.93. The maximum Gasteiger partial charge on any atom is 0.416 e. The second-order valence-corrected chi connectivity index (χ2v) is 4.52. The van der Waals surface area contributed by atoms with E-state index < -0.39 is 11.7 Å². The van der Waals surface area contributed by atoms with Crippen LogP contribution in [-0.2, 0) is 6.18 Å². The van der Waals surface area contributed by atoms with E-state index in [1.54, 1.807) is 4.52 Å². The zero-order valence-electron chi connectivity index (χ0n) is 10.5. The Balaban J connectivity index is 2.02. The van der Waals surface area contributed by atoms with Gasteiger partial charge in [-0.1, -0.05) is 18.2 Å². The summed E-state index contributed by atoms with van der Waals surface area (Å²) in [5.74, 6) is 0.407. The second-order valence-electron chi connectivity index (χ2n) is 4.52. The second kappa shape index (κ2) is 4.33. The molecule has 0 radical (unpaired) electrons. The summed E-state index contributed by atoms with van der Waals surface area (Å²) in [6, 6.07) is 8.55. The molecule has 0 amide bonds. The van der Waals surface area contributed by atoms with Crippen molar-refractivity contribution >= 4 is 5.65 Å². The number of aryl methyl sites for hydroxylation is 1. The summed E-state index contributed by atoms with van der Waals surface area (Å²) in [4.78, 5) is 4.29. The molecule has 0 bridgehead atoms. The highest BCUT2D eigenvalue weighted by Gasteiger charge is 2.30. The van der Waals surface area contributed by atoms with Crippen molar-refractivity contribution < 1.29 is 13.2 Å². The maximum atomic E-state index is 12.5. The van der Waals surface area contributed by atoms with Crippen LogP contribution in [0, 0.1) is 6.92 Å². The van der Waals surface area contributed by atoms with Crippen molar-refractivity contribution in [1.82, 2.24) is 14.6 Å². The number of rotatable bonds is 1. The summed E-state index contributed by atoms with van der Waals surface area (Å²) in [7, 11) is 0. The van der Waals surface area contributed by atoms with E-state index in [4.69, 9.17) is 0 Å². The summed E-state index contributed by atoms with van der Waals surface area (Å²) < 4.78 is 39.1. The molecule has 0 N–H and O–H groups in total. The topological polar surface area (TPSA) is 30.2 Å². The molecule has 20 heavy (non-hydrogen) atoms. The molecule has 0 aliphatic rings. The lowest BCUT2D eigenvalue weighted by Gasteiger charge is -2.05. The molecule has 0 unspecified atom stereocenters. The van der Waals surface area contributed by atoms with E-state index in [0.29, 0.717) is 17.0 Å². The molecule has 0 saturated heterocycles. The predicted octanol–water partition coefficient (Wildman–Crippen LogP) is 3.72. The fourth-order valence-electron chi connectivity index (χ4n) is 1.92. The minimum atomic E-state index is -4.33. The Labute approximate surface area is 112 Å². The third-order valence-corrected chi connectivity index (χ3v) is 2.95. The molecule has 102 valence electrons. The standard InChI is InChI=1S/C14H10F3N3/c1-9-2-7-12-18-13(19-20(12)8-9)10-3-5-11(6-4-10)14(15,16)17/h2-8H,1H3. The van der Waals surface area contributed by atoms with Gasteiger partial charge >= 0.3 is 6.18 Å². The molecule has 0 saturated carbocycles. The molecular formula is C14H10F3N3. The van der Waals surface area contributed by atoms with Gasteiger partial charge in [-0.15, -0.1) is 5.10 Å². The van der Waals surface area contributed by atoms with Crippen molar-refractivity contribution in [2.45, 2.75) is 13.1 Å². The highest BCUT2D eigenvalue weighted by molar-refractivity contribution is 5.58. The molecule has 1 aromatic carbocycles. The minimum absolute atomic E-state index is 0.407. The first-order valence-electron chi connectivity index (χ1n) is 5.94. The average molecular weight is 277 g/mol. The summed E-state index contributed by atoms with van der Waals surface area (Å²) in [5.41, 5.74) is 1.56. The number of nitrogens with zero attached hydrogens (tertiary/aromatic N) is 3. The van der Waals surface area contributed by atoms with Gasteiger partial charge in [0.2, 0.25) is 0 Å². The van der Waals surface area contributed by atoms with Crippen molar-refractivity contribution in [2.75, 3.05) is 0 Å². The molecule has 2 aromatic heterocycles. The Hall–Kier alpha value is -2.37. The van der Waals surface area contributed by atoms with Crippen LogP contribution in [0.1, 0.15) is 11.1 Å². The highest BCUT2D eigenvalue weighted by atomic mass is 19.4. The normalized spacial score (nSPS) is 12.0. The maximum absolute atomic E-state index is 12.5. The first-order chi connectivity index (χ1) is 9.43. The highest BCUT2D eigenvalue weighted by Crippen LogP contribution is 2.30. The summed E-state index contributed by atoms with van der Waals surface area (Å²) >= 11 is 0. The van der Waals surface area contributed by atoms with E-state index in [1.807, 2.05) is 25.3 Å². The van der Waals surface area contributed by atoms with E-state index in [-0.39, 0.29) is 0 Å². The van der Waals surface area contributed by atoms with Gasteiger partial charge in [-0.3, -0.25) is 0 Å². The molecule has 3 nitrogen and oxygen atoms in total. The van der Waals surface area contributed by atoms with Crippen LogP contribution >= 0.6 is 0 Å². The Morgan fingerprint density at radius 2 is 1.70 bits per heavy atom. The number of aromatic nitrogens is 3. The number of fused-ring (bicyclic) bond motifs is 1. The van der Waals surface area contributed by atoms with Gasteiger partial charge in [-0.05, 0) is 30.7 Å². The molecule has 0 atom stereocenters. The molecular weight excluding hydrogens is 267 g/mol. The van der Waals surface area contributed by atoms with Crippen molar-refractivity contribution in [2.24, 2.45) is 0 Å². The van der Waals surface area contributed by atoms with Crippen molar-refractivity contribution in [3.8, 4) is 11.4 Å². The molecule has 3 rings (SSSR count). The number of pyridine rings is 1. The number of benzene rings is 1. The molecule has 0 spiro atoms. The zero-order valence-corrected chi connectivity index (χ0v) is 10.5. The lowest BCUT2D eigenvalue weighted by molar-refractivity contribution is -0.137. The number of hydrogen-bond donors (Lipinski definition) is 0. The van der Waals surface area contributed by atoms with Crippen LogP contribution in [0.25, 0.3) is 17.0 Å². The van der Waals surface area contributed by atoms with Crippen LogP contribution in [0.2, 0.25) is 0 Å². The van der Waals surface area contributed by atoms with Crippen LogP contribution < -0.4 is 0 Å². The van der Waals surface area contributed by atoms with Gasteiger partial charge in [0.05, 0.1) is 5.56 Å². The van der Waals surface area contributed by atoms with Gasteiger partial charge in [0.1, 0.15) is 0 Å². The third kappa shape index (κ3) is 2.24. The van der Waals surface area contributed by atoms with Crippen LogP contribution in [0.4, 0.5) is 13.2 Å². The molecule has 6 heteroatoms. The van der Waals surface area contributed by atoms with Gasteiger partial charge in [0.25, 0.3) is 0 Å². The number of alkyl halides is 3. The van der Waals surface area contributed by atoms with Gasteiger partial charge in [-0.2, -0.15) is 13.2 Å². The third-order valence-electron chi connectivity index (χ3n) is 2.95. The lowest BCUT2D eigenvalue weighted by atomic mass is 10.1. The SMILES string of the molecule is Cc1ccc2nc(-c3ccc(C(F)(F)F)cc3)nn2c1. The fraction of sp³-hybridized carbons (Fsp3) is 0.143. The quantitative estimate of drug-likeness (QED) is 0.678. The fourth-order valence-corrected chi connectivity index (χ4v) is 1.92. The largest absolute Gasteiger partial charge is 0.416 e. The monoisotopic (exact) mass is 277 g/mol. The number of hydrogen-bond acceptors (Lipinski definition) is 2. The predicted molar refractivity (Wildman–Crippen MR) is 68.2 cm³/mol. The van der Waals surface area contributed by atoms with Crippen LogP contribution in [0.3, 0.4) is 0 Å². The van der Waals surface area contributed by atoms with Crippen LogP contribution in [0.15, 0.2) is 42.6 Å². The van der Waals surface area contributed by atoms with Crippen LogP contribution in [-0.4, -0.2) is 14.6 Å². The lowest BCUT2D eigenvalue weighted by Crippen LogP contribution is -2.04. The average Bonchev–Trinajstić information content (AvgIpc) is 2.80. The first-order valence-corrected chi connectivity index (χ1v) is 5.94. The van der Waals surface area contributed by atoms with Gasteiger partial charge in [0.15, 0.2) is 11.5 Å². The van der Waals surface area contributed by atoms with Gasteiger partial charge in [-0.25, -0.2) is 9.50 Å². The van der Waals surface area contributed by atoms with Gasteiger partial charge < -0.3 is 0 Å². The molecule has 3 aromatic rings. The zero-order chi connectivity index (χ0) is 14.3. The molecule has 0 aliphatic heterocycles. The van der Waals surface area contributed by atoms with E-state index >= 15 is 0 Å². The molecule has 0 fully saturated rings. The smallest absolute Gasteiger partial charge is 0.220 e. The molecule has 0 aliphatic carbocycles. The van der Waals surface area contributed by atoms with E-state index in [1.165, 1.54) is 12.1 Å². The Bertz CT molecular complexity index is 757. The minimum Gasteiger partial charge on any atom is -0.220 e. The first kappa shape index (κ1) is 12.7. The van der Waals surface area contributed by atoms with Crippen molar-refractivity contribution in [3.63, 3.8) is 0 Å². The Morgan fingerprint density at radius 1 is 1.00 bits per heavy atom. The van der Waals surface area contributed by atoms with E-state index in [0.717, 1.165) is 17.7 Å². The van der Waals surface area contributed by atoms with Crippen molar-refractivity contribution in [3.05, 3.63) is 53.7 Å². The molecule has 2 heterocycles. The van der Waals surface area contributed by atoms with Gasteiger partial charge in [0, 0.05) is 11.8 Å². The van der Waals surface area contributed by atoms with E-state index in [9.17, 15) is 13.2 Å². The van der Waals surface area contributed by atoms with Crippen LogP contribution in [0.5, 0.6) is 0 Å². The van der Waals surface area contributed by atoms with Crippen molar-refractivity contribution in [1.29, 1.82) is 0 Å². The summed E-state index contributed by atoms with van der Waals surface area (Å²) in [6.07, 6.45) is -2.52. The number of halogens is 3.